The van der Waals surface area contributed by atoms with Gasteiger partial charge in [0, 0.05) is 17.5 Å². The van der Waals surface area contributed by atoms with Gasteiger partial charge >= 0.3 is 0 Å². The standard InChI is InChI=1S/C12H19NO3S/c1-4-17(14,15)9-10(2)13-11-5-7-12(16-3)8-6-11/h5-8,10,13H,4,9H2,1-3H3. The van der Waals surface area contributed by atoms with Gasteiger partial charge in [0.2, 0.25) is 0 Å². The fourth-order valence-corrected chi connectivity index (χ4v) is 2.59. The Bertz CT molecular complexity index is 439. The molecule has 0 aliphatic carbocycles. The highest BCUT2D eigenvalue weighted by Gasteiger charge is 2.13. The number of sulfone groups is 1. The number of nitrogens with one attached hydrogen (secondary N) is 1. The molecular formula is C12H19NO3S. The van der Waals surface area contributed by atoms with E-state index >= 15 is 0 Å². The van der Waals surface area contributed by atoms with Crippen LogP contribution in [0.4, 0.5) is 5.69 Å². The zero-order valence-corrected chi connectivity index (χ0v) is 11.3. The van der Waals surface area contributed by atoms with Crippen molar-refractivity contribution < 1.29 is 13.2 Å². The summed E-state index contributed by atoms with van der Waals surface area (Å²) in [6.45, 7) is 3.52. The van der Waals surface area contributed by atoms with E-state index in [0.29, 0.717) is 0 Å². The number of benzene rings is 1. The third-order valence-corrected chi connectivity index (χ3v) is 4.33. The van der Waals surface area contributed by atoms with Crippen molar-refractivity contribution in [3.63, 3.8) is 0 Å². The Morgan fingerprint density at radius 2 is 1.88 bits per heavy atom. The zero-order chi connectivity index (χ0) is 12.9. The third kappa shape index (κ3) is 4.65. The number of rotatable bonds is 6. The van der Waals surface area contributed by atoms with E-state index in [1.165, 1.54) is 0 Å². The van der Waals surface area contributed by atoms with Crippen LogP contribution >= 0.6 is 0 Å². The van der Waals surface area contributed by atoms with Crippen LogP contribution in [-0.2, 0) is 9.84 Å². The Morgan fingerprint density at radius 1 is 1.29 bits per heavy atom. The third-order valence-electron chi connectivity index (χ3n) is 2.45. The number of methoxy groups -OCH3 is 1. The second-order valence-electron chi connectivity index (χ2n) is 3.97. The van der Waals surface area contributed by atoms with Gasteiger partial charge in [-0.25, -0.2) is 8.42 Å². The molecule has 1 aromatic carbocycles. The van der Waals surface area contributed by atoms with Crippen LogP contribution in [0.15, 0.2) is 24.3 Å². The topological polar surface area (TPSA) is 55.4 Å². The van der Waals surface area contributed by atoms with Gasteiger partial charge in [0.1, 0.15) is 5.75 Å². The molecule has 1 atom stereocenters. The van der Waals surface area contributed by atoms with Crippen LogP contribution in [0.1, 0.15) is 13.8 Å². The monoisotopic (exact) mass is 257 g/mol. The summed E-state index contributed by atoms with van der Waals surface area (Å²) in [5.41, 5.74) is 0.893. The summed E-state index contributed by atoms with van der Waals surface area (Å²) < 4.78 is 27.9. The molecule has 1 N–H and O–H groups in total. The van der Waals surface area contributed by atoms with E-state index in [0.717, 1.165) is 11.4 Å². The predicted octanol–water partition coefficient (Wildman–Crippen LogP) is 1.93. The van der Waals surface area contributed by atoms with E-state index in [1.807, 2.05) is 31.2 Å². The molecule has 0 aliphatic heterocycles. The second kappa shape index (κ2) is 5.91. The molecule has 0 saturated carbocycles. The number of ether oxygens (including phenoxy) is 1. The molecule has 1 unspecified atom stereocenters. The van der Waals surface area contributed by atoms with Gasteiger partial charge in [-0.15, -0.1) is 0 Å². The van der Waals surface area contributed by atoms with Crippen molar-refractivity contribution in [3.8, 4) is 5.75 Å². The van der Waals surface area contributed by atoms with Gasteiger partial charge in [0.25, 0.3) is 0 Å². The lowest BCUT2D eigenvalue weighted by Gasteiger charge is -2.15. The molecular weight excluding hydrogens is 238 g/mol. The Labute approximate surface area is 103 Å². The highest BCUT2D eigenvalue weighted by atomic mass is 32.2. The summed E-state index contributed by atoms with van der Waals surface area (Å²) in [5, 5.41) is 3.15. The number of hydrogen-bond donors (Lipinski definition) is 1. The minimum absolute atomic E-state index is 0.103. The van der Waals surface area contributed by atoms with Crippen LogP contribution in [0, 0.1) is 0 Å². The van der Waals surface area contributed by atoms with E-state index < -0.39 is 9.84 Å². The molecule has 0 spiro atoms. The van der Waals surface area contributed by atoms with Crippen molar-refractivity contribution in [3.05, 3.63) is 24.3 Å². The average molecular weight is 257 g/mol. The first-order valence-corrected chi connectivity index (χ1v) is 7.40. The summed E-state index contributed by atoms with van der Waals surface area (Å²) >= 11 is 0. The van der Waals surface area contributed by atoms with Crippen LogP contribution in [0.25, 0.3) is 0 Å². The van der Waals surface area contributed by atoms with Gasteiger partial charge in [0.15, 0.2) is 9.84 Å². The van der Waals surface area contributed by atoms with Crippen LogP contribution in [0.5, 0.6) is 5.75 Å². The molecule has 1 aromatic rings. The van der Waals surface area contributed by atoms with Crippen molar-refractivity contribution in [1.82, 2.24) is 0 Å². The molecule has 0 amide bonds. The van der Waals surface area contributed by atoms with E-state index in [4.69, 9.17) is 4.74 Å². The van der Waals surface area contributed by atoms with E-state index in [9.17, 15) is 8.42 Å². The first kappa shape index (κ1) is 13.8. The largest absolute Gasteiger partial charge is 0.497 e. The molecule has 17 heavy (non-hydrogen) atoms. The van der Waals surface area contributed by atoms with Crippen LogP contribution < -0.4 is 10.1 Å². The van der Waals surface area contributed by atoms with E-state index in [1.54, 1.807) is 14.0 Å². The molecule has 5 heteroatoms. The lowest BCUT2D eigenvalue weighted by Crippen LogP contribution is -2.26. The molecule has 0 bridgehead atoms. The Hall–Kier alpha value is -1.23. The van der Waals surface area contributed by atoms with Crippen LogP contribution in [-0.4, -0.2) is 33.1 Å². The highest BCUT2D eigenvalue weighted by molar-refractivity contribution is 7.91. The SMILES string of the molecule is CCS(=O)(=O)CC(C)Nc1ccc(OC)cc1. The van der Waals surface area contributed by atoms with Crippen molar-refractivity contribution in [2.24, 2.45) is 0 Å². The van der Waals surface area contributed by atoms with Gasteiger partial charge in [-0.1, -0.05) is 6.92 Å². The van der Waals surface area contributed by atoms with Gasteiger partial charge in [-0.3, -0.25) is 0 Å². The molecule has 0 aromatic heterocycles. The molecule has 0 saturated heterocycles. The molecule has 0 aliphatic rings. The summed E-state index contributed by atoms with van der Waals surface area (Å²) in [5.74, 6) is 1.11. The lowest BCUT2D eigenvalue weighted by molar-refractivity contribution is 0.415. The maximum absolute atomic E-state index is 11.4. The molecule has 4 nitrogen and oxygen atoms in total. The molecule has 0 fully saturated rings. The van der Waals surface area contributed by atoms with Gasteiger partial charge in [-0.2, -0.15) is 0 Å². The van der Waals surface area contributed by atoms with Crippen molar-refractivity contribution in [1.29, 1.82) is 0 Å². The summed E-state index contributed by atoms with van der Waals surface area (Å²) in [6.07, 6.45) is 0. The second-order valence-corrected chi connectivity index (χ2v) is 6.37. The zero-order valence-electron chi connectivity index (χ0n) is 10.4. The number of hydrogen-bond acceptors (Lipinski definition) is 4. The Kier molecular flexibility index (Phi) is 4.81. The molecule has 96 valence electrons. The number of anilines is 1. The maximum atomic E-state index is 11.4. The maximum Gasteiger partial charge on any atom is 0.152 e. The van der Waals surface area contributed by atoms with E-state index in [-0.39, 0.29) is 17.5 Å². The lowest BCUT2D eigenvalue weighted by atomic mass is 10.2. The minimum atomic E-state index is -2.94. The predicted molar refractivity (Wildman–Crippen MR) is 70.4 cm³/mol. The van der Waals surface area contributed by atoms with Crippen molar-refractivity contribution >= 4 is 15.5 Å². The Balaban J connectivity index is 2.59. The highest BCUT2D eigenvalue weighted by Crippen LogP contribution is 2.16. The van der Waals surface area contributed by atoms with Gasteiger partial charge in [0.05, 0.1) is 12.9 Å². The van der Waals surface area contributed by atoms with Gasteiger partial charge in [-0.05, 0) is 31.2 Å². The first-order chi connectivity index (χ1) is 7.96. The minimum Gasteiger partial charge on any atom is -0.497 e. The van der Waals surface area contributed by atoms with Gasteiger partial charge < -0.3 is 10.1 Å². The first-order valence-electron chi connectivity index (χ1n) is 5.58. The van der Waals surface area contributed by atoms with Crippen LogP contribution in [0.3, 0.4) is 0 Å². The fraction of sp³-hybridized carbons (Fsp3) is 0.500. The summed E-state index contributed by atoms with van der Waals surface area (Å²) in [4.78, 5) is 0. The molecule has 0 heterocycles. The summed E-state index contributed by atoms with van der Waals surface area (Å²) in [7, 11) is -1.33. The Morgan fingerprint density at radius 3 is 2.35 bits per heavy atom. The average Bonchev–Trinajstić information content (AvgIpc) is 2.29. The molecule has 1 rings (SSSR count). The smallest absolute Gasteiger partial charge is 0.152 e. The van der Waals surface area contributed by atoms with Crippen LogP contribution in [0.2, 0.25) is 0 Å². The quantitative estimate of drug-likeness (QED) is 0.846. The van der Waals surface area contributed by atoms with E-state index in [2.05, 4.69) is 5.32 Å². The normalized spacial score (nSPS) is 13.1. The van der Waals surface area contributed by atoms with Crippen molar-refractivity contribution in [2.45, 2.75) is 19.9 Å². The molecule has 0 radical (unpaired) electrons. The van der Waals surface area contributed by atoms with Crippen molar-refractivity contribution in [2.75, 3.05) is 23.9 Å². The fourth-order valence-electron chi connectivity index (χ4n) is 1.51. The summed E-state index contributed by atoms with van der Waals surface area (Å²) in [6, 6.07) is 7.31.